The summed E-state index contributed by atoms with van der Waals surface area (Å²) in [5.41, 5.74) is 3.21. The molecule has 28 heavy (non-hydrogen) atoms. The molecule has 1 N–H and O–H groups in total. The molecule has 7 heteroatoms. The zero-order valence-electron chi connectivity index (χ0n) is 16.8. The number of H-pyrrole nitrogens is 1. The van der Waals surface area contributed by atoms with Crippen LogP contribution in [0.15, 0.2) is 29.1 Å². The Kier molecular flexibility index (Phi) is 6.25. The first kappa shape index (κ1) is 20.6. The highest BCUT2D eigenvalue weighted by atomic mass is 32.2. The third kappa shape index (κ3) is 4.47. The highest BCUT2D eigenvalue weighted by Crippen LogP contribution is 2.26. The zero-order chi connectivity index (χ0) is 20.4. The van der Waals surface area contributed by atoms with Crippen LogP contribution in [0.1, 0.15) is 34.3 Å². The van der Waals surface area contributed by atoms with Crippen LogP contribution < -0.4 is 5.56 Å². The topological polar surface area (TPSA) is 66.1 Å². The minimum atomic E-state index is -0.219. The smallest absolute Gasteiger partial charge is 0.259 e. The number of nitrogens with zero attached hydrogens (tertiary/aromatic N) is 2. The van der Waals surface area contributed by atoms with E-state index in [-0.39, 0.29) is 16.7 Å². The van der Waals surface area contributed by atoms with E-state index in [9.17, 15) is 9.59 Å². The van der Waals surface area contributed by atoms with E-state index < -0.39 is 0 Å². The monoisotopic (exact) mass is 415 g/mol. The molecule has 0 aliphatic carbocycles. The van der Waals surface area contributed by atoms with Gasteiger partial charge in [-0.3, -0.25) is 9.59 Å². The summed E-state index contributed by atoms with van der Waals surface area (Å²) in [7, 11) is 1.82. The molecule has 2 aromatic heterocycles. The number of aromatic amines is 1. The summed E-state index contributed by atoms with van der Waals surface area (Å²) in [6.45, 7) is 8.48. The Hall–Kier alpha value is -2.12. The van der Waals surface area contributed by atoms with Gasteiger partial charge in [0, 0.05) is 18.5 Å². The predicted molar refractivity (Wildman–Crippen MR) is 118 cm³/mol. The number of hydrogen-bond acceptors (Lipinski definition) is 5. The van der Waals surface area contributed by atoms with Crippen LogP contribution >= 0.6 is 23.1 Å². The quantitative estimate of drug-likeness (QED) is 0.656. The number of amides is 1. The molecule has 1 aromatic carbocycles. The summed E-state index contributed by atoms with van der Waals surface area (Å²) in [6.07, 6.45) is 0. The fourth-order valence-corrected chi connectivity index (χ4v) is 4.91. The van der Waals surface area contributed by atoms with Crippen LogP contribution in [0.2, 0.25) is 0 Å². The number of carbonyl (C=O) groups is 1. The van der Waals surface area contributed by atoms with Crippen molar-refractivity contribution in [1.82, 2.24) is 14.9 Å². The Morgan fingerprint density at radius 3 is 2.61 bits per heavy atom. The second-order valence-electron chi connectivity index (χ2n) is 7.11. The maximum absolute atomic E-state index is 12.7. The Balaban J connectivity index is 1.63. The summed E-state index contributed by atoms with van der Waals surface area (Å²) in [5, 5.41) is 0.460. The molecule has 5 nitrogen and oxygen atoms in total. The Morgan fingerprint density at radius 2 is 1.93 bits per heavy atom. The van der Waals surface area contributed by atoms with E-state index in [0.717, 1.165) is 20.8 Å². The predicted octanol–water partition coefficient (Wildman–Crippen LogP) is 4.19. The summed E-state index contributed by atoms with van der Waals surface area (Å²) in [5.74, 6) is 1.17. The third-order valence-electron chi connectivity index (χ3n) is 4.82. The fraction of sp³-hybridized carbons (Fsp3) is 0.381. The van der Waals surface area contributed by atoms with Crippen molar-refractivity contribution in [2.45, 2.75) is 45.2 Å². The molecule has 1 atom stereocenters. The molecule has 148 valence electrons. The largest absolute Gasteiger partial charge is 0.340 e. The van der Waals surface area contributed by atoms with Crippen LogP contribution in [0, 0.1) is 20.8 Å². The van der Waals surface area contributed by atoms with Gasteiger partial charge in [-0.15, -0.1) is 23.1 Å². The van der Waals surface area contributed by atoms with Gasteiger partial charge in [0.15, 0.2) is 0 Å². The van der Waals surface area contributed by atoms with Gasteiger partial charge in [-0.05, 0) is 38.8 Å². The molecular formula is C21H25N3O2S2. The number of rotatable bonds is 6. The number of carbonyl (C=O) groups excluding carboxylic acids is 1. The minimum absolute atomic E-state index is 0.0665. The Bertz CT molecular complexity index is 1050. The maximum atomic E-state index is 12.7. The van der Waals surface area contributed by atoms with Crippen molar-refractivity contribution in [2.75, 3.05) is 7.05 Å². The van der Waals surface area contributed by atoms with Gasteiger partial charge >= 0.3 is 0 Å². The van der Waals surface area contributed by atoms with Crippen molar-refractivity contribution in [3.8, 4) is 0 Å². The second-order valence-corrected chi connectivity index (χ2v) is 9.64. The number of aromatic nitrogens is 2. The lowest BCUT2D eigenvalue weighted by atomic mass is 10.1. The van der Waals surface area contributed by atoms with Gasteiger partial charge in [0.2, 0.25) is 5.91 Å². The molecule has 3 aromatic rings. The molecule has 0 aliphatic rings. The van der Waals surface area contributed by atoms with E-state index in [4.69, 9.17) is 0 Å². The molecule has 3 rings (SSSR count). The first-order chi connectivity index (χ1) is 13.3. The molecule has 0 radical (unpaired) electrons. The SMILES string of the molecule is Cc1ccc(CN(C)C(=O)C(C)SCc2nc3sc(C)c(C)c3c(=O)[nH]2)cc1. The lowest BCUT2D eigenvalue weighted by Gasteiger charge is -2.21. The van der Waals surface area contributed by atoms with Crippen LogP contribution in [0.3, 0.4) is 0 Å². The van der Waals surface area contributed by atoms with Crippen LogP contribution in [-0.2, 0) is 17.1 Å². The van der Waals surface area contributed by atoms with Crippen molar-refractivity contribution in [3.63, 3.8) is 0 Å². The van der Waals surface area contributed by atoms with Gasteiger partial charge in [0.05, 0.1) is 16.4 Å². The highest BCUT2D eigenvalue weighted by Gasteiger charge is 2.19. The first-order valence-corrected chi connectivity index (χ1v) is 11.0. The van der Waals surface area contributed by atoms with Crippen LogP contribution in [0.4, 0.5) is 0 Å². The fourth-order valence-electron chi connectivity index (χ4n) is 3.00. The molecule has 1 unspecified atom stereocenters. The zero-order valence-corrected chi connectivity index (χ0v) is 18.5. The number of thioether (sulfide) groups is 1. The van der Waals surface area contributed by atoms with Crippen molar-refractivity contribution in [1.29, 1.82) is 0 Å². The highest BCUT2D eigenvalue weighted by molar-refractivity contribution is 7.99. The second kappa shape index (κ2) is 8.49. The van der Waals surface area contributed by atoms with Gasteiger partial charge in [-0.1, -0.05) is 29.8 Å². The van der Waals surface area contributed by atoms with Gasteiger partial charge < -0.3 is 9.88 Å². The van der Waals surface area contributed by atoms with E-state index >= 15 is 0 Å². The van der Waals surface area contributed by atoms with Crippen LogP contribution in [-0.4, -0.2) is 33.1 Å². The molecule has 0 spiro atoms. The average Bonchev–Trinajstić information content (AvgIpc) is 2.95. The van der Waals surface area contributed by atoms with Crippen molar-refractivity contribution in [2.24, 2.45) is 0 Å². The van der Waals surface area contributed by atoms with E-state index in [2.05, 4.69) is 22.1 Å². The molecule has 0 aliphatic heterocycles. The number of nitrogens with one attached hydrogen (secondary N) is 1. The van der Waals surface area contributed by atoms with Gasteiger partial charge in [-0.2, -0.15) is 0 Å². The van der Waals surface area contributed by atoms with Crippen molar-refractivity contribution in [3.05, 3.63) is 62.0 Å². The van der Waals surface area contributed by atoms with Gasteiger partial charge in [-0.25, -0.2) is 4.98 Å². The Morgan fingerprint density at radius 1 is 1.25 bits per heavy atom. The average molecular weight is 416 g/mol. The maximum Gasteiger partial charge on any atom is 0.259 e. The summed E-state index contributed by atoms with van der Waals surface area (Å²) in [4.78, 5) is 36.1. The lowest BCUT2D eigenvalue weighted by Crippen LogP contribution is -2.33. The number of hydrogen-bond donors (Lipinski definition) is 1. The van der Waals surface area contributed by atoms with E-state index in [1.54, 1.807) is 4.90 Å². The van der Waals surface area contributed by atoms with Crippen molar-refractivity contribution >= 4 is 39.2 Å². The summed E-state index contributed by atoms with van der Waals surface area (Å²) < 4.78 is 0. The molecule has 1 amide bonds. The number of aryl methyl sites for hydroxylation is 3. The number of thiophene rings is 1. The molecule has 0 saturated heterocycles. The molecule has 0 fully saturated rings. The minimum Gasteiger partial charge on any atom is -0.340 e. The molecule has 2 heterocycles. The van der Waals surface area contributed by atoms with E-state index in [1.165, 1.54) is 28.7 Å². The summed E-state index contributed by atoms with van der Waals surface area (Å²) >= 11 is 3.03. The van der Waals surface area contributed by atoms with Crippen LogP contribution in [0.25, 0.3) is 10.2 Å². The van der Waals surface area contributed by atoms with Crippen LogP contribution in [0.5, 0.6) is 0 Å². The van der Waals surface area contributed by atoms with Gasteiger partial charge in [0.25, 0.3) is 5.56 Å². The lowest BCUT2D eigenvalue weighted by molar-refractivity contribution is -0.129. The first-order valence-electron chi connectivity index (χ1n) is 9.17. The van der Waals surface area contributed by atoms with Crippen molar-refractivity contribution < 1.29 is 4.79 Å². The molecular weight excluding hydrogens is 390 g/mol. The van der Waals surface area contributed by atoms with E-state index in [1.807, 2.05) is 46.9 Å². The van der Waals surface area contributed by atoms with E-state index in [0.29, 0.717) is 23.5 Å². The normalized spacial score (nSPS) is 12.3. The summed E-state index contributed by atoms with van der Waals surface area (Å²) in [6, 6.07) is 8.20. The molecule has 0 saturated carbocycles. The van der Waals surface area contributed by atoms with Gasteiger partial charge in [0.1, 0.15) is 10.7 Å². The number of fused-ring (bicyclic) bond motifs is 1. The molecule has 0 bridgehead atoms. The number of benzene rings is 1. The Labute approximate surface area is 173 Å². The third-order valence-corrected chi connectivity index (χ3v) is 7.07. The standard InChI is InChI=1S/C21H25N3O2S2/c1-12-6-8-16(9-7-12)10-24(5)21(26)15(4)27-11-17-22-19(25)18-13(2)14(3)28-20(18)23-17/h6-9,15H,10-11H2,1-5H3,(H,22,23,25).